The van der Waals surface area contributed by atoms with E-state index in [9.17, 15) is 0 Å². The van der Waals surface area contributed by atoms with Crippen LogP contribution in [0.1, 0.15) is 32.3 Å². The SMILES string of the molecule is CCCCNC(=NCc1cccnc1N1CCN(C)CC1)NCC. The van der Waals surface area contributed by atoms with Gasteiger partial charge in [0.15, 0.2) is 5.96 Å². The maximum Gasteiger partial charge on any atom is 0.191 e. The van der Waals surface area contributed by atoms with Crippen molar-refractivity contribution in [1.29, 1.82) is 0 Å². The first kappa shape index (κ1) is 18.5. The van der Waals surface area contributed by atoms with Crippen molar-refractivity contribution in [2.45, 2.75) is 33.2 Å². The van der Waals surface area contributed by atoms with Crippen LogP contribution in [0.5, 0.6) is 0 Å². The topological polar surface area (TPSA) is 55.8 Å². The molecule has 0 amide bonds. The molecule has 2 rings (SSSR count). The summed E-state index contributed by atoms with van der Waals surface area (Å²) < 4.78 is 0. The summed E-state index contributed by atoms with van der Waals surface area (Å²) in [5.74, 6) is 1.97. The Morgan fingerprint density at radius 3 is 2.71 bits per heavy atom. The molecule has 0 saturated carbocycles. The van der Waals surface area contributed by atoms with Gasteiger partial charge in [0.25, 0.3) is 0 Å². The quantitative estimate of drug-likeness (QED) is 0.452. The Hall–Kier alpha value is -1.82. The lowest BCUT2D eigenvalue weighted by Crippen LogP contribution is -2.45. The smallest absolute Gasteiger partial charge is 0.191 e. The summed E-state index contributed by atoms with van der Waals surface area (Å²) in [5, 5.41) is 6.71. The van der Waals surface area contributed by atoms with E-state index in [2.05, 4.69) is 52.4 Å². The summed E-state index contributed by atoms with van der Waals surface area (Å²) >= 11 is 0. The Morgan fingerprint density at radius 2 is 2.00 bits per heavy atom. The fourth-order valence-electron chi connectivity index (χ4n) is 2.75. The Labute approximate surface area is 146 Å². The molecule has 0 aliphatic carbocycles. The third kappa shape index (κ3) is 5.67. The number of pyridine rings is 1. The van der Waals surface area contributed by atoms with E-state index in [0.29, 0.717) is 6.54 Å². The molecule has 1 fully saturated rings. The number of guanidine groups is 1. The lowest BCUT2D eigenvalue weighted by molar-refractivity contribution is 0.312. The van der Waals surface area contributed by atoms with Gasteiger partial charge in [-0.25, -0.2) is 9.98 Å². The predicted molar refractivity (Wildman–Crippen MR) is 102 cm³/mol. The van der Waals surface area contributed by atoms with Crippen LogP contribution in [0.3, 0.4) is 0 Å². The van der Waals surface area contributed by atoms with E-state index in [1.807, 2.05) is 12.3 Å². The highest BCUT2D eigenvalue weighted by molar-refractivity contribution is 5.79. The van der Waals surface area contributed by atoms with Gasteiger partial charge in [-0.3, -0.25) is 0 Å². The molecule has 1 aliphatic heterocycles. The van der Waals surface area contributed by atoms with E-state index in [1.54, 1.807) is 0 Å². The molecule has 1 aliphatic rings. The van der Waals surface area contributed by atoms with E-state index < -0.39 is 0 Å². The summed E-state index contributed by atoms with van der Waals surface area (Å²) in [6.45, 7) is 11.0. The Kier molecular flexibility index (Phi) is 7.82. The first-order chi connectivity index (χ1) is 11.7. The van der Waals surface area contributed by atoms with Crippen LogP contribution in [0.15, 0.2) is 23.3 Å². The van der Waals surface area contributed by atoms with Gasteiger partial charge < -0.3 is 20.4 Å². The van der Waals surface area contributed by atoms with E-state index in [1.165, 1.54) is 12.0 Å². The zero-order valence-corrected chi connectivity index (χ0v) is 15.4. The van der Waals surface area contributed by atoms with Crippen molar-refractivity contribution in [1.82, 2.24) is 20.5 Å². The van der Waals surface area contributed by atoms with Crippen LogP contribution in [-0.2, 0) is 6.54 Å². The molecular formula is C18H32N6. The lowest BCUT2D eigenvalue weighted by atomic mass is 10.2. The standard InChI is InChI=1S/C18H32N6/c1-4-6-9-21-18(19-5-2)22-15-16-8-7-10-20-17(16)24-13-11-23(3)12-14-24/h7-8,10H,4-6,9,11-15H2,1-3H3,(H2,19,21,22). The number of unbranched alkanes of at least 4 members (excludes halogenated alkanes) is 1. The van der Waals surface area contributed by atoms with Gasteiger partial charge in [-0.15, -0.1) is 0 Å². The second kappa shape index (κ2) is 10.1. The average Bonchev–Trinajstić information content (AvgIpc) is 2.61. The molecule has 0 unspecified atom stereocenters. The third-order valence-corrected chi connectivity index (χ3v) is 4.24. The molecule has 0 atom stereocenters. The van der Waals surface area contributed by atoms with Crippen molar-refractivity contribution >= 4 is 11.8 Å². The highest BCUT2D eigenvalue weighted by atomic mass is 15.3. The molecule has 1 aromatic rings. The number of aromatic nitrogens is 1. The second-order valence-electron chi connectivity index (χ2n) is 6.25. The molecule has 6 heteroatoms. The Balaban J connectivity index is 2.03. The van der Waals surface area contributed by atoms with Crippen molar-refractivity contribution < 1.29 is 0 Å². The van der Waals surface area contributed by atoms with Gasteiger partial charge in [0.2, 0.25) is 0 Å². The number of aliphatic imine (C=N–C) groups is 1. The fourth-order valence-corrected chi connectivity index (χ4v) is 2.75. The van der Waals surface area contributed by atoms with Crippen LogP contribution in [0.4, 0.5) is 5.82 Å². The molecular weight excluding hydrogens is 300 g/mol. The molecule has 2 N–H and O–H groups in total. The minimum Gasteiger partial charge on any atom is -0.357 e. The number of hydrogen-bond donors (Lipinski definition) is 2. The molecule has 0 bridgehead atoms. The Morgan fingerprint density at radius 1 is 1.21 bits per heavy atom. The first-order valence-electron chi connectivity index (χ1n) is 9.14. The van der Waals surface area contributed by atoms with Crippen LogP contribution >= 0.6 is 0 Å². The third-order valence-electron chi connectivity index (χ3n) is 4.24. The van der Waals surface area contributed by atoms with Crippen molar-refractivity contribution in [2.75, 3.05) is 51.2 Å². The summed E-state index contributed by atoms with van der Waals surface area (Å²) in [7, 11) is 2.17. The van der Waals surface area contributed by atoms with Crippen LogP contribution in [0.25, 0.3) is 0 Å². The number of hydrogen-bond acceptors (Lipinski definition) is 4. The normalized spacial score (nSPS) is 16.3. The largest absolute Gasteiger partial charge is 0.357 e. The van der Waals surface area contributed by atoms with E-state index in [0.717, 1.165) is 57.5 Å². The highest BCUT2D eigenvalue weighted by Gasteiger charge is 2.17. The molecule has 0 radical (unpaired) electrons. The molecule has 24 heavy (non-hydrogen) atoms. The van der Waals surface area contributed by atoms with Crippen LogP contribution < -0.4 is 15.5 Å². The molecule has 1 aromatic heterocycles. The molecule has 2 heterocycles. The number of nitrogens with zero attached hydrogens (tertiary/aromatic N) is 4. The van der Waals surface area contributed by atoms with Crippen molar-refractivity contribution in [3.63, 3.8) is 0 Å². The van der Waals surface area contributed by atoms with Crippen molar-refractivity contribution in [2.24, 2.45) is 4.99 Å². The van der Waals surface area contributed by atoms with Crippen molar-refractivity contribution in [3.8, 4) is 0 Å². The second-order valence-corrected chi connectivity index (χ2v) is 6.25. The number of piperazine rings is 1. The molecule has 0 aromatic carbocycles. The van der Waals surface area contributed by atoms with E-state index in [-0.39, 0.29) is 0 Å². The highest BCUT2D eigenvalue weighted by Crippen LogP contribution is 2.19. The monoisotopic (exact) mass is 332 g/mol. The van der Waals surface area contributed by atoms with Gasteiger partial charge in [-0.1, -0.05) is 19.4 Å². The zero-order chi connectivity index (χ0) is 17.2. The van der Waals surface area contributed by atoms with E-state index >= 15 is 0 Å². The number of anilines is 1. The van der Waals surface area contributed by atoms with Gasteiger partial charge in [-0.2, -0.15) is 0 Å². The van der Waals surface area contributed by atoms with Crippen molar-refractivity contribution in [3.05, 3.63) is 23.9 Å². The summed E-state index contributed by atoms with van der Waals surface area (Å²) in [5.41, 5.74) is 1.19. The minimum atomic E-state index is 0.650. The lowest BCUT2D eigenvalue weighted by Gasteiger charge is -2.34. The van der Waals surface area contributed by atoms with E-state index in [4.69, 9.17) is 4.99 Å². The number of rotatable bonds is 7. The maximum absolute atomic E-state index is 4.74. The van der Waals surface area contributed by atoms with Gasteiger partial charge >= 0.3 is 0 Å². The summed E-state index contributed by atoms with van der Waals surface area (Å²) in [6, 6.07) is 4.14. The summed E-state index contributed by atoms with van der Waals surface area (Å²) in [4.78, 5) is 14.1. The maximum atomic E-state index is 4.74. The van der Waals surface area contributed by atoms with Gasteiger partial charge in [0, 0.05) is 51.0 Å². The molecule has 6 nitrogen and oxygen atoms in total. The molecule has 134 valence electrons. The summed E-state index contributed by atoms with van der Waals surface area (Å²) in [6.07, 6.45) is 4.22. The Bertz CT molecular complexity index is 508. The fraction of sp³-hybridized carbons (Fsp3) is 0.667. The van der Waals surface area contributed by atoms with Crippen LogP contribution in [0.2, 0.25) is 0 Å². The minimum absolute atomic E-state index is 0.650. The van der Waals surface area contributed by atoms with Crippen LogP contribution in [-0.4, -0.2) is 62.2 Å². The van der Waals surface area contributed by atoms with Gasteiger partial charge in [0.05, 0.1) is 6.54 Å². The van der Waals surface area contributed by atoms with Gasteiger partial charge in [0.1, 0.15) is 5.82 Å². The van der Waals surface area contributed by atoms with Crippen LogP contribution in [0, 0.1) is 0 Å². The predicted octanol–water partition coefficient (Wildman–Crippen LogP) is 1.69. The number of likely N-dealkylation sites (N-methyl/N-ethyl adjacent to an activating group) is 1. The van der Waals surface area contributed by atoms with Gasteiger partial charge in [-0.05, 0) is 26.5 Å². The molecule has 0 spiro atoms. The first-order valence-corrected chi connectivity index (χ1v) is 9.14. The average molecular weight is 332 g/mol. The number of nitrogens with one attached hydrogen (secondary N) is 2. The molecule has 1 saturated heterocycles. The zero-order valence-electron chi connectivity index (χ0n) is 15.4.